The van der Waals surface area contributed by atoms with Gasteiger partial charge in [-0.15, -0.1) is 0 Å². The molecule has 142 valence electrons. The Labute approximate surface area is 170 Å². The van der Waals surface area contributed by atoms with Gasteiger partial charge in [0.2, 0.25) is 0 Å². The summed E-state index contributed by atoms with van der Waals surface area (Å²) in [6.07, 6.45) is 3.91. The van der Waals surface area contributed by atoms with E-state index in [4.69, 9.17) is 9.47 Å². The summed E-state index contributed by atoms with van der Waals surface area (Å²) in [5.74, 6) is 3.06. The Morgan fingerprint density at radius 2 is 1.00 bits per heavy atom. The first-order chi connectivity index (χ1) is 14.2. The van der Waals surface area contributed by atoms with Gasteiger partial charge in [0.15, 0.2) is 0 Å². The number of benzene rings is 4. The molecule has 0 aromatic heterocycles. The molecule has 0 fully saturated rings. The minimum atomic E-state index is 0.157. The minimum Gasteiger partial charge on any atom is -0.508 e. The molecule has 4 rings (SSSR count). The van der Waals surface area contributed by atoms with Gasteiger partial charge in [-0.3, -0.25) is 0 Å². The monoisotopic (exact) mass is 380 g/mol. The highest BCUT2D eigenvalue weighted by atomic mass is 16.5. The molecule has 0 atom stereocenters. The van der Waals surface area contributed by atoms with E-state index in [1.807, 2.05) is 103 Å². The van der Waals surface area contributed by atoms with Crippen LogP contribution in [0.4, 0.5) is 0 Å². The van der Waals surface area contributed by atoms with E-state index in [0.29, 0.717) is 5.75 Å². The van der Waals surface area contributed by atoms with Gasteiger partial charge in [0.05, 0.1) is 0 Å². The second kappa shape index (κ2) is 8.81. The van der Waals surface area contributed by atoms with Crippen molar-refractivity contribution in [1.29, 1.82) is 0 Å². The molecule has 0 aliphatic heterocycles. The van der Waals surface area contributed by atoms with E-state index < -0.39 is 0 Å². The number of phenolic OH excluding ortho intramolecular Hbond substituents is 1. The molecule has 29 heavy (non-hydrogen) atoms. The summed E-state index contributed by atoms with van der Waals surface area (Å²) in [5.41, 5.74) is 1.87. The fraction of sp³-hybridized carbons (Fsp3) is 0. The van der Waals surface area contributed by atoms with Gasteiger partial charge in [0.1, 0.15) is 28.7 Å². The van der Waals surface area contributed by atoms with Gasteiger partial charge in [0, 0.05) is 6.07 Å². The number of rotatable bonds is 6. The van der Waals surface area contributed by atoms with Crippen LogP contribution in [0.5, 0.6) is 28.7 Å². The van der Waals surface area contributed by atoms with Crippen LogP contribution in [-0.2, 0) is 0 Å². The summed E-state index contributed by atoms with van der Waals surface area (Å²) in [6.45, 7) is 0. The quantitative estimate of drug-likeness (QED) is 0.361. The van der Waals surface area contributed by atoms with Crippen LogP contribution in [-0.4, -0.2) is 5.11 Å². The summed E-state index contributed by atoms with van der Waals surface area (Å²) in [5, 5.41) is 10.0. The summed E-state index contributed by atoms with van der Waals surface area (Å²) >= 11 is 0. The molecule has 0 unspecified atom stereocenters. The van der Waals surface area contributed by atoms with E-state index in [1.54, 1.807) is 12.1 Å². The summed E-state index contributed by atoms with van der Waals surface area (Å²) < 4.78 is 11.6. The molecule has 4 aromatic carbocycles. The lowest BCUT2D eigenvalue weighted by Gasteiger charge is -2.07. The first-order valence-corrected chi connectivity index (χ1v) is 9.33. The van der Waals surface area contributed by atoms with Crippen molar-refractivity contribution in [2.75, 3.05) is 0 Å². The number of aromatic hydroxyl groups is 1. The van der Waals surface area contributed by atoms with E-state index >= 15 is 0 Å². The second-order valence-corrected chi connectivity index (χ2v) is 6.49. The summed E-state index contributed by atoms with van der Waals surface area (Å²) in [6, 6.07) is 32.2. The lowest BCUT2D eigenvalue weighted by molar-refractivity contribution is 0.455. The third kappa shape index (κ3) is 5.27. The highest BCUT2D eigenvalue weighted by Crippen LogP contribution is 2.28. The second-order valence-electron chi connectivity index (χ2n) is 6.49. The molecular formula is C26H20O3. The fourth-order valence-electron chi connectivity index (χ4n) is 2.85. The lowest BCUT2D eigenvalue weighted by Crippen LogP contribution is -1.85. The number of phenols is 1. The van der Waals surface area contributed by atoms with Gasteiger partial charge in [-0.05, 0) is 59.7 Å². The van der Waals surface area contributed by atoms with E-state index in [-0.39, 0.29) is 5.75 Å². The molecule has 0 saturated heterocycles. The van der Waals surface area contributed by atoms with Crippen LogP contribution in [0.1, 0.15) is 11.1 Å². The summed E-state index contributed by atoms with van der Waals surface area (Å²) in [7, 11) is 0. The zero-order chi connectivity index (χ0) is 19.9. The standard InChI is InChI=1S/C26H20O3/c27-22-17-21(18-26(19-22)29-24-9-5-2-6-10-24)12-11-20-13-15-25(16-14-20)28-23-7-3-1-4-8-23/h1-19,27H/b12-11+. The lowest BCUT2D eigenvalue weighted by atomic mass is 10.1. The molecule has 3 heteroatoms. The van der Waals surface area contributed by atoms with Gasteiger partial charge in [0.25, 0.3) is 0 Å². The minimum absolute atomic E-state index is 0.157. The molecule has 0 bridgehead atoms. The number of hydrogen-bond donors (Lipinski definition) is 1. The van der Waals surface area contributed by atoms with Crippen molar-refractivity contribution in [1.82, 2.24) is 0 Å². The van der Waals surface area contributed by atoms with Crippen molar-refractivity contribution in [3.8, 4) is 28.7 Å². The van der Waals surface area contributed by atoms with Gasteiger partial charge in [-0.25, -0.2) is 0 Å². The van der Waals surface area contributed by atoms with Crippen LogP contribution in [0.3, 0.4) is 0 Å². The average Bonchev–Trinajstić information content (AvgIpc) is 2.74. The molecule has 0 radical (unpaired) electrons. The fourth-order valence-corrected chi connectivity index (χ4v) is 2.85. The Morgan fingerprint density at radius 1 is 0.483 bits per heavy atom. The molecule has 1 N–H and O–H groups in total. The molecule has 0 heterocycles. The van der Waals surface area contributed by atoms with Crippen molar-refractivity contribution < 1.29 is 14.6 Å². The largest absolute Gasteiger partial charge is 0.508 e. The maximum absolute atomic E-state index is 10.0. The molecule has 4 aromatic rings. The van der Waals surface area contributed by atoms with E-state index in [0.717, 1.165) is 28.4 Å². The highest BCUT2D eigenvalue weighted by Gasteiger charge is 2.02. The third-order valence-corrected chi connectivity index (χ3v) is 4.22. The Hall–Kier alpha value is -3.98. The molecule has 0 aliphatic carbocycles. The predicted molar refractivity (Wildman–Crippen MR) is 117 cm³/mol. The predicted octanol–water partition coefficient (Wildman–Crippen LogP) is 7.15. The SMILES string of the molecule is Oc1cc(/C=C/c2ccc(Oc3ccccc3)cc2)cc(Oc2ccccc2)c1. The van der Waals surface area contributed by atoms with Gasteiger partial charge in [-0.1, -0.05) is 60.7 Å². The first-order valence-electron chi connectivity index (χ1n) is 9.33. The van der Waals surface area contributed by atoms with Crippen molar-refractivity contribution in [3.63, 3.8) is 0 Å². The van der Waals surface area contributed by atoms with Gasteiger partial charge >= 0.3 is 0 Å². The maximum Gasteiger partial charge on any atom is 0.131 e. The van der Waals surface area contributed by atoms with Crippen molar-refractivity contribution in [2.45, 2.75) is 0 Å². The maximum atomic E-state index is 10.0. The van der Waals surface area contributed by atoms with Crippen molar-refractivity contribution >= 4 is 12.2 Å². The average molecular weight is 380 g/mol. The number of para-hydroxylation sites is 2. The smallest absolute Gasteiger partial charge is 0.131 e. The van der Waals surface area contributed by atoms with Crippen LogP contribution >= 0.6 is 0 Å². The summed E-state index contributed by atoms with van der Waals surface area (Å²) in [4.78, 5) is 0. The number of hydrogen-bond acceptors (Lipinski definition) is 3. The Kier molecular flexibility index (Phi) is 5.58. The zero-order valence-corrected chi connectivity index (χ0v) is 15.7. The molecule has 0 amide bonds. The van der Waals surface area contributed by atoms with Crippen LogP contribution in [0, 0.1) is 0 Å². The van der Waals surface area contributed by atoms with Gasteiger partial charge in [-0.2, -0.15) is 0 Å². The Bertz CT molecular complexity index is 1090. The van der Waals surface area contributed by atoms with Gasteiger partial charge < -0.3 is 14.6 Å². The molecule has 0 saturated carbocycles. The van der Waals surface area contributed by atoms with Crippen molar-refractivity contribution in [3.05, 3.63) is 114 Å². The molecular weight excluding hydrogens is 360 g/mol. The molecule has 0 aliphatic rings. The van der Waals surface area contributed by atoms with E-state index in [1.165, 1.54) is 0 Å². The van der Waals surface area contributed by atoms with Crippen LogP contribution < -0.4 is 9.47 Å². The molecule has 0 spiro atoms. The zero-order valence-electron chi connectivity index (χ0n) is 15.7. The van der Waals surface area contributed by atoms with Crippen LogP contribution in [0.2, 0.25) is 0 Å². The molecule has 3 nitrogen and oxygen atoms in total. The Morgan fingerprint density at radius 3 is 1.62 bits per heavy atom. The highest BCUT2D eigenvalue weighted by molar-refractivity contribution is 5.71. The number of ether oxygens (including phenoxy) is 2. The van der Waals surface area contributed by atoms with Crippen LogP contribution in [0.15, 0.2) is 103 Å². The van der Waals surface area contributed by atoms with E-state index in [9.17, 15) is 5.11 Å². The van der Waals surface area contributed by atoms with Crippen molar-refractivity contribution in [2.24, 2.45) is 0 Å². The van der Waals surface area contributed by atoms with E-state index in [2.05, 4.69) is 0 Å². The topological polar surface area (TPSA) is 38.7 Å². The Balaban J connectivity index is 1.46. The normalized spacial score (nSPS) is 10.8. The van der Waals surface area contributed by atoms with Crippen LogP contribution in [0.25, 0.3) is 12.2 Å². The first kappa shape index (κ1) is 18.4. The third-order valence-electron chi connectivity index (χ3n) is 4.22.